The van der Waals surface area contributed by atoms with Gasteiger partial charge in [-0.2, -0.15) is 0 Å². The molecule has 1 aliphatic carbocycles. The average Bonchev–Trinajstić information content (AvgIpc) is 3.00. The minimum atomic E-state index is -0.453. The van der Waals surface area contributed by atoms with Crippen LogP contribution in [-0.4, -0.2) is 47.2 Å². The third-order valence-corrected chi connectivity index (χ3v) is 6.98. The zero-order valence-corrected chi connectivity index (χ0v) is 18.1. The van der Waals surface area contributed by atoms with E-state index in [0.29, 0.717) is 30.4 Å². The molecule has 2 N–H and O–H groups in total. The number of nitrogens with two attached hydrogens (primary N) is 1. The quantitative estimate of drug-likeness (QED) is 0.488. The predicted molar refractivity (Wildman–Crippen MR) is 119 cm³/mol. The van der Waals surface area contributed by atoms with E-state index in [1.165, 1.54) is 29.7 Å². The van der Waals surface area contributed by atoms with Gasteiger partial charge in [0, 0.05) is 24.2 Å². The number of morpholine rings is 1. The number of aryl methyl sites for hydroxylation is 2. The van der Waals surface area contributed by atoms with Gasteiger partial charge in [0.05, 0.1) is 24.2 Å². The van der Waals surface area contributed by atoms with Gasteiger partial charge in [-0.1, -0.05) is 6.42 Å². The molecule has 1 fully saturated rings. The van der Waals surface area contributed by atoms with Gasteiger partial charge in [-0.05, 0) is 43.4 Å². The van der Waals surface area contributed by atoms with Gasteiger partial charge in [0.2, 0.25) is 0 Å². The molecule has 8 nitrogen and oxygen atoms in total. The van der Waals surface area contributed by atoms with Gasteiger partial charge in [0.25, 0.3) is 0 Å². The summed E-state index contributed by atoms with van der Waals surface area (Å²) in [5, 5.41) is 0.986. The Bertz CT molecular complexity index is 1090. The molecule has 5 rings (SSSR count). The SMILES string of the molecule is Nc1nc(COC(=O)c2ccc(N3CCOCC3)nc2)nc2sc3c(c12)CCCCC3. The molecule has 3 aromatic heterocycles. The molecule has 1 aliphatic heterocycles. The standard InChI is InChI=1S/C22H25N5O3S/c23-20-19-15-4-2-1-3-5-16(15)31-21(19)26-17(25-20)13-30-22(28)14-6-7-18(24-12-14)27-8-10-29-11-9-27/h6-7,12H,1-5,8-11,13H2,(H2,23,25,26). The summed E-state index contributed by atoms with van der Waals surface area (Å²) >= 11 is 1.69. The molecule has 4 heterocycles. The maximum atomic E-state index is 12.5. The van der Waals surface area contributed by atoms with Gasteiger partial charge in [-0.25, -0.2) is 19.7 Å². The molecule has 0 saturated carbocycles. The lowest BCUT2D eigenvalue weighted by atomic mass is 10.1. The van der Waals surface area contributed by atoms with Gasteiger partial charge in [-0.15, -0.1) is 11.3 Å². The molecular formula is C22H25N5O3S. The highest BCUT2D eigenvalue weighted by Crippen LogP contribution is 2.37. The number of hydrogen-bond donors (Lipinski definition) is 1. The molecule has 31 heavy (non-hydrogen) atoms. The first-order valence-electron chi connectivity index (χ1n) is 10.7. The number of thiophene rings is 1. The summed E-state index contributed by atoms with van der Waals surface area (Å²) in [5.41, 5.74) is 7.98. The van der Waals surface area contributed by atoms with E-state index < -0.39 is 5.97 Å². The second-order valence-electron chi connectivity index (χ2n) is 7.85. The van der Waals surface area contributed by atoms with E-state index in [1.54, 1.807) is 23.6 Å². The second kappa shape index (κ2) is 8.76. The molecule has 0 spiro atoms. The summed E-state index contributed by atoms with van der Waals surface area (Å²) in [6.45, 7) is 2.94. The minimum Gasteiger partial charge on any atom is -0.454 e. The van der Waals surface area contributed by atoms with Crippen molar-refractivity contribution in [1.82, 2.24) is 15.0 Å². The summed E-state index contributed by atoms with van der Waals surface area (Å²) in [6.07, 6.45) is 7.28. The van der Waals surface area contributed by atoms with Gasteiger partial charge in [-0.3, -0.25) is 0 Å². The largest absolute Gasteiger partial charge is 0.454 e. The number of ether oxygens (including phenoxy) is 2. The monoisotopic (exact) mass is 439 g/mol. The predicted octanol–water partition coefficient (Wildman–Crippen LogP) is 3.13. The fourth-order valence-corrected chi connectivity index (χ4v) is 5.46. The highest BCUT2D eigenvalue weighted by Gasteiger charge is 2.20. The Hall–Kier alpha value is -2.78. The van der Waals surface area contributed by atoms with Crippen LogP contribution in [0.5, 0.6) is 0 Å². The Balaban J connectivity index is 1.27. The fraction of sp³-hybridized carbons (Fsp3) is 0.455. The molecule has 2 aliphatic rings. The van der Waals surface area contributed by atoms with Crippen LogP contribution >= 0.6 is 11.3 Å². The van der Waals surface area contributed by atoms with E-state index in [9.17, 15) is 4.79 Å². The van der Waals surface area contributed by atoms with Crippen LogP contribution in [0.2, 0.25) is 0 Å². The third-order valence-electron chi connectivity index (χ3n) is 5.79. The van der Waals surface area contributed by atoms with Crippen molar-refractivity contribution in [2.75, 3.05) is 36.9 Å². The van der Waals surface area contributed by atoms with Crippen molar-refractivity contribution in [3.63, 3.8) is 0 Å². The molecule has 0 radical (unpaired) electrons. The zero-order valence-electron chi connectivity index (χ0n) is 17.3. The average molecular weight is 440 g/mol. The van der Waals surface area contributed by atoms with Crippen molar-refractivity contribution in [1.29, 1.82) is 0 Å². The Morgan fingerprint density at radius 1 is 1.16 bits per heavy atom. The maximum Gasteiger partial charge on any atom is 0.340 e. The summed E-state index contributed by atoms with van der Waals surface area (Å²) in [7, 11) is 0. The van der Waals surface area contributed by atoms with Crippen molar-refractivity contribution in [2.45, 2.75) is 38.7 Å². The number of nitrogens with zero attached hydrogens (tertiary/aromatic N) is 4. The van der Waals surface area contributed by atoms with Crippen molar-refractivity contribution < 1.29 is 14.3 Å². The number of fused-ring (bicyclic) bond motifs is 3. The molecule has 0 atom stereocenters. The molecule has 0 amide bonds. The van der Waals surface area contributed by atoms with Crippen LogP contribution in [0.1, 0.15) is 45.9 Å². The van der Waals surface area contributed by atoms with E-state index in [-0.39, 0.29) is 6.61 Å². The molecule has 3 aromatic rings. The Labute approximate surface area is 184 Å². The first kappa shape index (κ1) is 20.1. The van der Waals surface area contributed by atoms with Crippen LogP contribution < -0.4 is 10.6 Å². The number of anilines is 2. The molecule has 9 heteroatoms. The van der Waals surface area contributed by atoms with Crippen molar-refractivity contribution >= 4 is 39.2 Å². The minimum absolute atomic E-state index is 0.0211. The summed E-state index contributed by atoms with van der Waals surface area (Å²) in [6, 6.07) is 3.57. The Kier molecular flexibility index (Phi) is 5.69. The number of hydrogen-bond acceptors (Lipinski definition) is 9. The van der Waals surface area contributed by atoms with E-state index in [4.69, 9.17) is 15.2 Å². The highest BCUT2D eigenvalue weighted by atomic mass is 32.1. The number of carbonyl (C=O) groups excluding carboxylic acids is 1. The van der Waals surface area contributed by atoms with Crippen molar-refractivity contribution in [3.8, 4) is 0 Å². The number of pyridine rings is 1. The second-order valence-corrected chi connectivity index (χ2v) is 8.93. The Morgan fingerprint density at radius 2 is 2.00 bits per heavy atom. The number of rotatable bonds is 4. The zero-order chi connectivity index (χ0) is 21.2. The van der Waals surface area contributed by atoms with Crippen LogP contribution in [0.15, 0.2) is 18.3 Å². The number of aromatic nitrogens is 3. The van der Waals surface area contributed by atoms with Gasteiger partial charge >= 0.3 is 5.97 Å². The van der Waals surface area contributed by atoms with Crippen LogP contribution in [-0.2, 0) is 28.9 Å². The number of esters is 1. The lowest BCUT2D eigenvalue weighted by Crippen LogP contribution is -2.36. The number of nitrogen functional groups attached to an aromatic ring is 1. The fourth-order valence-electron chi connectivity index (χ4n) is 4.17. The van der Waals surface area contributed by atoms with Gasteiger partial charge in [0.15, 0.2) is 12.4 Å². The molecule has 0 bridgehead atoms. The normalized spacial score (nSPS) is 16.7. The van der Waals surface area contributed by atoms with Crippen molar-refractivity contribution in [2.24, 2.45) is 0 Å². The molecule has 162 valence electrons. The van der Waals surface area contributed by atoms with Crippen LogP contribution in [0.25, 0.3) is 10.2 Å². The first-order chi connectivity index (χ1) is 15.2. The topological polar surface area (TPSA) is 103 Å². The molecule has 0 aromatic carbocycles. The number of carbonyl (C=O) groups is 1. The molecule has 0 unspecified atom stereocenters. The van der Waals surface area contributed by atoms with Crippen LogP contribution in [0, 0.1) is 0 Å². The summed E-state index contributed by atoms with van der Waals surface area (Å²) in [5.74, 6) is 1.28. The molecular weight excluding hydrogens is 414 g/mol. The third kappa shape index (κ3) is 4.20. The highest BCUT2D eigenvalue weighted by molar-refractivity contribution is 7.19. The maximum absolute atomic E-state index is 12.5. The lowest BCUT2D eigenvalue weighted by molar-refractivity contribution is 0.0462. The first-order valence-corrected chi connectivity index (χ1v) is 11.5. The van der Waals surface area contributed by atoms with E-state index in [1.807, 2.05) is 6.07 Å². The van der Waals surface area contributed by atoms with Gasteiger partial charge < -0.3 is 20.1 Å². The van der Waals surface area contributed by atoms with E-state index >= 15 is 0 Å². The van der Waals surface area contributed by atoms with Crippen LogP contribution in [0.4, 0.5) is 11.6 Å². The lowest BCUT2D eigenvalue weighted by Gasteiger charge is -2.27. The van der Waals surface area contributed by atoms with Crippen molar-refractivity contribution in [3.05, 3.63) is 40.2 Å². The summed E-state index contributed by atoms with van der Waals surface area (Å²) in [4.78, 5) is 30.3. The van der Waals surface area contributed by atoms with Crippen LogP contribution in [0.3, 0.4) is 0 Å². The molecule has 1 saturated heterocycles. The smallest absolute Gasteiger partial charge is 0.340 e. The summed E-state index contributed by atoms with van der Waals surface area (Å²) < 4.78 is 10.8. The van der Waals surface area contributed by atoms with E-state index in [2.05, 4.69) is 19.9 Å². The Morgan fingerprint density at radius 3 is 2.81 bits per heavy atom. The van der Waals surface area contributed by atoms with Gasteiger partial charge in [0.1, 0.15) is 16.5 Å². The van der Waals surface area contributed by atoms with E-state index in [0.717, 1.165) is 42.0 Å².